The molecule has 0 fully saturated rings. The zero-order valence-electron chi connectivity index (χ0n) is 25.6. The molecule has 0 radical (unpaired) electrons. The molecule has 0 spiro atoms. The second-order valence-electron chi connectivity index (χ2n) is 11.2. The molecule has 0 saturated heterocycles. The quantitative estimate of drug-likeness (QED) is 0.186. The molecule has 4 N–H and O–H groups in total. The summed E-state index contributed by atoms with van der Waals surface area (Å²) in [5.41, 5.74) is 5.63. The van der Waals surface area contributed by atoms with Crippen LogP contribution in [0.4, 0.5) is 4.79 Å². The molecule has 2 aromatic carbocycles. The van der Waals surface area contributed by atoms with Crippen molar-refractivity contribution in [3.05, 3.63) is 52.8 Å². The molecular formula is C29H40N6O6S. The van der Waals surface area contributed by atoms with Gasteiger partial charge in [-0.05, 0) is 82.9 Å². The number of benzene rings is 2. The fraction of sp³-hybridized carbons (Fsp3) is 0.448. The Morgan fingerprint density at radius 2 is 1.79 bits per heavy atom. The standard InChI is InChI=1S/C29H40N6O6S/c1-10-15-29(35(27(37)38)28(5,6)7,24(36)25-31-20-13-11-12-14-21(20)34(25)8)32-26(30)33-42(39,40)23-17(2)16-22(41-9)18(3)19(23)4/h11-14,16H,10,15H2,1-9H3,(H,37,38)(H3,30,32,33)/t29-/m0/s1. The normalized spacial score (nSPS) is 14.0. The second kappa shape index (κ2) is 11.6. The van der Waals surface area contributed by atoms with Crippen LogP contribution in [0.15, 0.2) is 40.2 Å². The number of guanidine groups is 1. The van der Waals surface area contributed by atoms with Crippen LogP contribution in [-0.2, 0) is 17.1 Å². The first-order valence-corrected chi connectivity index (χ1v) is 14.9. The highest BCUT2D eigenvalue weighted by atomic mass is 32.2. The first kappa shape index (κ1) is 32.4. The largest absolute Gasteiger partial charge is 0.496 e. The van der Waals surface area contributed by atoms with Crippen LogP contribution in [0.3, 0.4) is 0 Å². The predicted molar refractivity (Wildman–Crippen MR) is 161 cm³/mol. The van der Waals surface area contributed by atoms with Crippen molar-refractivity contribution in [2.24, 2.45) is 17.8 Å². The molecule has 13 heteroatoms. The van der Waals surface area contributed by atoms with Crippen LogP contribution in [0.1, 0.15) is 67.8 Å². The number of sulfonamides is 1. The average molecular weight is 601 g/mol. The number of imidazole rings is 1. The lowest BCUT2D eigenvalue weighted by atomic mass is 9.91. The van der Waals surface area contributed by atoms with E-state index in [-0.39, 0.29) is 17.1 Å². The minimum Gasteiger partial charge on any atom is -0.496 e. The number of carboxylic acid groups (broad SMARTS) is 1. The number of carbonyl (C=O) groups is 2. The molecule has 1 aromatic heterocycles. The van der Waals surface area contributed by atoms with Gasteiger partial charge in [-0.15, -0.1) is 0 Å². The highest BCUT2D eigenvalue weighted by Gasteiger charge is 2.52. The number of nitrogens with two attached hydrogens (primary N) is 1. The fourth-order valence-electron chi connectivity index (χ4n) is 5.42. The van der Waals surface area contributed by atoms with Crippen molar-refractivity contribution >= 4 is 38.9 Å². The van der Waals surface area contributed by atoms with E-state index in [1.807, 2.05) is 0 Å². The van der Waals surface area contributed by atoms with Crippen LogP contribution >= 0.6 is 0 Å². The number of hydrogen-bond donors (Lipinski definition) is 3. The number of ketones is 1. The lowest BCUT2D eigenvalue weighted by molar-refractivity contribution is 0.0150. The Morgan fingerprint density at radius 3 is 2.31 bits per heavy atom. The van der Waals surface area contributed by atoms with E-state index in [0.717, 1.165) is 4.90 Å². The number of ether oxygens (including phenoxy) is 1. The number of amides is 1. The lowest BCUT2D eigenvalue weighted by Crippen LogP contribution is -2.63. The Morgan fingerprint density at radius 1 is 1.17 bits per heavy atom. The number of rotatable bonds is 9. The summed E-state index contributed by atoms with van der Waals surface area (Å²) in [7, 11) is -1.17. The van der Waals surface area contributed by atoms with Gasteiger partial charge < -0.3 is 20.1 Å². The van der Waals surface area contributed by atoms with Crippen LogP contribution in [0.25, 0.3) is 11.0 Å². The summed E-state index contributed by atoms with van der Waals surface area (Å²) in [6.07, 6.45) is -1.21. The molecule has 0 bridgehead atoms. The first-order chi connectivity index (χ1) is 19.4. The summed E-state index contributed by atoms with van der Waals surface area (Å²) in [5, 5.41) is 10.4. The van der Waals surface area contributed by atoms with Crippen LogP contribution in [0.2, 0.25) is 0 Å². The number of methoxy groups -OCH3 is 1. The van der Waals surface area contributed by atoms with Gasteiger partial charge in [-0.1, -0.05) is 25.5 Å². The smallest absolute Gasteiger partial charge is 0.410 e. The van der Waals surface area contributed by atoms with Crippen LogP contribution in [0, 0.1) is 20.8 Å². The molecule has 228 valence electrons. The molecular weight excluding hydrogens is 560 g/mol. The summed E-state index contributed by atoms with van der Waals surface area (Å²) in [6, 6.07) is 8.70. The highest BCUT2D eigenvalue weighted by Crippen LogP contribution is 2.35. The van der Waals surface area contributed by atoms with Crippen molar-refractivity contribution in [1.29, 1.82) is 0 Å². The van der Waals surface area contributed by atoms with E-state index in [2.05, 4.69) is 14.7 Å². The van der Waals surface area contributed by atoms with E-state index >= 15 is 0 Å². The van der Waals surface area contributed by atoms with E-state index < -0.39 is 39.1 Å². The highest BCUT2D eigenvalue weighted by molar-refractivity contribution is 7.90. The Balaban J connectivity index is 2.29. The van der Waals surface area contributed by atoms with Crippen molar-refractivity contribution in [1.82, 2.24) is 19.2 Å². The summed E-state index contributed by atoms with van der Waals surface area (Å²) in [4.78, 5) is 37.1. The van der Waals surface area contributed by atoms with E-state index in [1.165, 1.54) is 7.11 Å². The third-order valence-corrected chi connectivity index (χ3v) is 8.84. The molecule has 1 atom stereocenters. The number of aromatic nitrogens is 2. The molecule has 42 heavy (non-hydrogen) atoms. The van der Waals surface area contributed by atoms with Gasteiger partial charge in [0, 0.05) is 12.6 Å². The Hall–Kier alpha value is -4.13. The molecule has 0 aliphatic carbocycles. The predicted octanol–water partition coefficient (Wildman–Crippen LogP) is 4.26. The van der Waals surface area contributed by atoms with Gasteiger partial charge in [-0.25, -0.2) is 27.9 Å². The third-order valence-electron chi connectivity index (χ3n) is 7.20. The SMILES string of the molecule is CCC[C@@](N=C(N)NS(=O)(=O)c1c(C)cc(OC)c(C)c1C)(C(=O)c1nc2ccccc2n1C)N(C(=O)O)C(C)(C)C. The van der Waals surface area contributed by atoms with Gasteiger partial charge in [-0.3, -0.25) is 9.69 Å². The molecule has 0 aliphatic rings. The lowest BCUT2D eigenvalue weighted by Gasteiger charge is -2.45. The Kier molecular flexibility index (Phi) is 8.97. The van der Waals surface area contributed by atoms with Crippen LogP contribution in [-0.4, -0.2) is 64.1 Å². The number of aliphatic imine (C=N–C) groups is 1. The minimum absolute atomic E-state index is 0.0207. The number of nitrogens with one attached hydrogen (secondary N) is 1. The van der Waals surface area contributed by atoms with Crippen LogP contribution in [0.5, 0.6) is 5.75 Å². The number of para-hydroxylation sites is 2. The maximum Gasteiger partial charge on any atom is 0.410 e. The van der Waals surface area contributed by atoms with Gasteiger partial charge in [0.05, 0.1) is 23.0 Å². The van der Waals surface area contributed by atoms with E-state index in [4.69, 9.17) is 10.5 Å². The van der Waals surface area contributed by atoms with Crippen LogP contribution < -0.4 is 15.2 Å². The fourth-order valence-corrected chi connectivity index (χ4v) is 6.88. The van der Waals surface area contributed by atoms with E-state index in [1.54, 1.807) is 90.4 Å². The Bertz CT molecular complexity index is 1670. The van der Waals surface area contributed by atoms with Gasteiger partial charge in [-0.2, -0.15) is 0 Å². The van der Waals surface area contributed by atoms with Gasteiger partial charge >= 0.3 is 6.09 Å². The number of fused-ring (bicyclic) bond motifs is 1. The maximum absolute atomic E-state index is 14.5. The zero-order valence-corrected chi connectivity index (χ0v) is 26.4. The third kappa shape index (κ3) is 5.78. The zero-order chi connectivity index (χ0) is 31.8. The van der Waals surface area contributed by atoms with Gasteiger partial charge in [0.25, 0.3) is 10.0 Å². The first-order valence-electron chi connectivity index (χ1n) is 13.4. The minimum atomic E-state index is -4.32. The van der Waals surface area contributed by atoms with E-state index in [9.17, 15) is 23.1 Å². The number of carbonyl (C=O) groups excluding carboxylic acids is 1. The van der Waals surface area contributed by atoms with Gasteiger partial charge in [0.2, 0.25) is 17.4 Å². The number of aryl methyl sites for hydroxylation is 2. The molecule has 0 aliphatic heterocycles. The van der Waals surface area contributed by atoms with Crippen molar-refractivity contribution < 1.29 is 27.9 Å². The van der Waals surface area contributed by atoms with E-state index in [0.29, 0.717) is 39.9 Å². The number of nitrogens with zero attached hydrogens (tertiary/aromatic N) is 4. The van der Waals surface area contributed by atoms with Crippen molar-refractivity contribution in [2.75, 3.05) is 7.11 Å². The monoisotopic (exact) mass is 600 g/mol. The summed E-state index contributed by atoms with van der Waals surface area (Å²) in [5.74, 6) is -0.895. The van der Waals surface area contributed by atoms with Crippen molar-refractivity contribution in [3.63, 3.8) is 0 Å². The topological polar surface area (TPSA) is 169 Å². The van der Waals surface area contributed by atoms with Crippen molar-refractivity contribution in [3.8, 4) is 5.75 Å². The Labute approximate surface area is 246 Å². The molecule has 3 aromatic rings. The molecule has 1 heterocycles. The van der Waals surface area contributed by atoms with Gasteiger partial charge in [0.1, 0.15) is 5.75 Å². The summed E-state index contributed by atoms with van der Waals surface area (Å²) in [6.45, 7) is 11.6. The molecule has 12 nitrogen and oxygen atoms in total. The molecule has 1 amide bonds. The second-order valence-corrected chi connectivity index (χ2v) is 12.9. The number of hydrogen-bond acceptors (Lipinski definition) is 7. The molecule has 3 rings (SSSR count). The average Bonchev–Trinajstić information content (AvgIpc) is 3.20. The maximum atomic E-state index is 14.5. The van der Waals surface area contributed by atoms with Crippen molar-refractivity contribution in [2.45, 2.75) is 77.4 Å². The molecule has 0 saturated carbocycles. The van der Waals surface area contributed by atoms with Gasteiger partial charge in [0.15, 0.2) is 5.82 Å². The summed E-state index contributed by atoms with van der Waals surface area (Å²) >= 11 is 0. The number of Topliss-reactive ketones (excluding diaryl/α,β-unsaturated/α-hetero) is 1. The molecule has 0 unspecified atom stereocenters. The summed E-state index contributed by atoms with van der Waals surface area (Å²) < 4.78 is 36.5.